The van der Waals surface area contributed by atoms with Crippen molar-refractivity contribution in [1.29, 1.82) is 0 Å². The van der Waals surface area contributed by atoms with Crippen molar-refractivity contribution in [3.63, 3.8) is 0 Å². The van der Waals surface area contributed by atoms with Crippen LogP contribution in [-0.2, 0) is 0 Å². The molecule has 0 aliphatic carbocycles. The Kier molecular flexibility index (Phi) is 3.83. The van der Waals surface area contributed by atoms with Gasteiger partial charge in [0.05, 0.1) is 18.4 Å². The lowest BCUT2D eigenvalue weighted by Crippen LogP contribution is -2.44. The molecule has 1 aliphatic rings. The molecule has 2 aromatic rings. The van der Waals surface area contributed by atoms with Gasteiger partial charge in [-0.2, -0.15) is 5.06 Å². The first-order chi connectivity index (χ1) is 10.9. The Hall–Kier alpha value is -2.37. The standard InChI is InChI=1S/C18H20N2O3/c1-18(2)16(12-7-5-4-6-8-12)19-17(20(18)22)13-9-10-14(21)15(11-13)23-3/h4-11,17,21-22H,1-3H3/t17-/m1/s1. The average molecular weight is 312 g/mol. The first-order valence-corrected chi connectivity index (χ1v) is 7.44. The van der Waals surface area contributed by atoms with E-state index in [4.69, 9.17) is 9.73 Å². The summed E-state index contributed by atoms with van der Waals surface area (Å²) >= 11 is 0. The number of phenols is 1. The highest BCUT2D eigenvalue weighted by atomic mass is 16.5. The molecular weight excluding hydrogens is 292 g/mol. The maximum absolute atomic E-state index is 10.7. The fourth-order valence-corrected chi connectivity index (χ4v) is 2.84. The topological polar surface area (TPSA) is 65.3 Å². The number of benzene rings is 2. The van der Waals surface area contributed by atoms with Crippen LogP contribution in [0.2, 0.25) is 0 Å². The number of aromatic hydroxyl groups is 1. The molecule has 0 amide bonds. The lowest BCUT2D eigenvalue weighted by Gasteiger charge is -2.30. The highest BCUT2D eigenvalue weighted by Gasteiger charge is 2.43. The monoisotopic (exact) mass is 312 g/mol. The second-order valence-corrected chi connectivity index (χ2v) is 6.05. The van der Waals surface area contributed by atoms with Crippen LogP contribution < -0.4 is 4.74 Å². The minimum atomic E-state index is -0.628. The maximum Gasteiger partial charge on any atom is 0.160 e. The molecule has 23 heavy (non-hydrogen) atoms. The number of rotatable bonds is 3. The fraction of sp³-hybridized carbons (Fsp3) is 0.278. The molecule has 5 nitrogen and oxygen atoms in total. The Bertz CT molecular complexity index is 741. The van der Waals surface area contributed by atoms with E-state index in [9.17, 15) is 10.3 Å². The Morgan fingerprint density at radius 1 is 1.13 bits per heavy atom. The minimum Gasteiger partial charge on any atom is -0.504 e. The van der Waals surface area contributed by atoms with Gasteiger partial charge in [-0.15, -0.1) is 0 Å². The SMILES string of the molecule is COc1cc([C@@H]2N=C(c3ccccc3)C(C)(C)N2O)ccc1O. The molecule has 5 heteroatoms. The molecule has 3 rings (SSSR count). The van der Waals surface area contributed by atoms with Crippen LogP contribution in [0.1, 0.15) is 31.1 Å². The molecule has 1 atom stereocenters. The van der Waals surface area contributed by atoms with Crippen molar-refractivity contribution in [2.75, 3.05) is 7.11 Å². The molecule has 2 N–H and O–H groups in total. The third kappa shape index (κ3) is 2.58. The second-order valence-electron chi connectivity index (χ2n) is 6.05. The smallest absolute Gasteiger partial charge is 0.160 e. The fourth-order valence-electron chi connectivity index (χ4n) is 2.84. The van der Waals surface area contributed by atoms with Crippen LogP contribution in [0.15, 0.2) is 53.5 Å². The lowest BCUT2D eigenvalue weighted by molar-refractivity contribution is -0.159. The molecule has 0 aromatic heterocycles. The van der Waals surface area contributed by atoms with E-state index in [1.54, 1.807) is 18.2 Å². The number of hydrogen-bond donors (Lipinski definition) is 2. The van der Waals surface area contributed by atoms with Gasteiger partial charge in [0, 0.05) is 0 Å². The van der Waals surface area contributed by atoms with Gasteiger partial charge in [0.15, 0.2) is 17.7 Å². The van der Waals surface area contributed by atoms with E-state index >= 15 is 0 Å². The predicted octanol–water partition coefficient (Wildman–Crippen LogP) is 3.37. The normalized spacial score (nSPS) is 20.3. The first-order valence-electron chi connectivity index (χ1n) is 7.44. The molecular formula is C18H20N2O3. The van der Waals surface area contributed by atoms with Gasteiger partial charge in [-0.1, -0.05) is 36.4 Å². The van der Waals surface area contributed by atoms with Gasteiger partial charge in [0.1, 0.15) is 0 Å². The molecule has 0 unspecified atom stereocenters. The zero-order valence-electron chi connectivity index (χ0n) is 13.4. The molecule has 0 spiro atoms. The predicted molar refractivity (Wildman–Crippen MR) is 88.1 cm³/mol. The Balaban J connectivity index is 2.05. The van der Waals surface area contributed by atoms with Gasteiger partial charge >= 0.3 is 0 Å². The molecule has 0 saturated heterocycles. The zero-order valence-corrected chi connectivity index (χ0v) is 13.4. The highest BCUT2D eigenvalue weighted by Crippen LogP contribution is 2.39. The third-order valence-electron chi connectivity index (χ3n) is 4.18. The number of nitrogens with zero attached hydrogens (tertiary/aromatic N) is 2. The van der Waals surface area contributed by atoms with Crippen molar-refractivity contribution >= 4 is 5.71 Å². The Morgan fingerprint density at radius 3 is 2.48 bits per heavy atom. The van der Waals surface area contributed by atoms with Gasteiger partial charge < -0.3 is 15.1 Å². The molecule has 0 saturated carbocycles. The van der Waals surface area contributed by atoms with Gasteiger partial charge in [0.25, 0.3) is 0 Å². The summed E-state index contributed by atoms with van der Waals surface area (Å²) in [5.41, 5.74) is 1.92. The van der Waals surface area contributed by atoms with E-state index in [0.717, 1.165) is 16.8 Å². The molecule has 2 aromatic carbocycles. The van der Waals surface area contributed by atoms with Crippen molar-refractivity contribution < 1.29 is 15.1 Å². The van der Waals surface area contributed by atoms with Gasteiger partial charge in [-0.05, 0) is 37.1 Å². The van der Waals surface area contributed by atoms with Crippen LogP contribution in [0.4, 0.5) is 0 Å². The van der Waals surface area contributed by atoms with Crippen molar-refractivity contribution in [2.45, 2.75) is 25.6 Å². The van der Waals surface area contributed by atoms with E-state index in [2.05, 4.69) is 0 Å². The number of phenolic OH excluding ortho intramolecular Hbond substituents is 1. The summed E-state index contributed by atoms with van der Waals surface area (Å²) in [7, 11) is 1.49. The van der Waals surface area contributed by atoms with Gasteiger partial charge in [-0.25, -0.2) is 0 Å². The summed E-state index contributed by atoms with van der Waals surface area (Å²) in [4.78, 5) is 4.72. The zero-order chi connectivity index (χ0) is 16.6. The lowest BCUT2D eigenvalue weighted by atomic mass is 9.93. The summed E-state index contributed by atoms with van der Waals surface area (Å²) in [6.45, 7) is 3.85. The number of aliphatic imine (C=N–C) groups is 1. The van der Waals surface area contributed by atoms with E-state index < -0.39 is 11.7 Å². The molecule has 120 valence electrons. The van der Waals surface area contributed by atoms with Crippen molar-refractivity contribution in [3.05, 3.63) is 59.7 Å². The summed E-state index contributed by atoms with van der Waals surface area (Å²) in [5.74, 6) is 0.419. The average Bonchev–Trinajstić information content (AvgIpc) is 2.79. The van der Waals surface area contributed by atoms with Crippen LogP contribution in [0, 0.1) is 0 Å². The highest BCUT2D eigenvalue weighted by molar-refractivity contribution is 6.08. The first kappa shape index (κ1) is 15.5. The Labute approximate surface area is 135 Å². The number of hydroxylamine groups is 2. The largest absolute Gasteiger partial charge is 0.504 e. The number of ether oxygens (including phenoxy) is 1. The molecule has 0 fully saturated rings. The van der Waals surface area contributed by atoms with Gasteiger partial charge in [0.2, 0.25) is 0 Å². The van der Waals surface area contributed by atoms with E-state index in [1.165, 1.54) is 12.2 Å². The molecule has 0 bridgehead atoms. The van der Waals surface area contributed by atoms with Gasteiger partial charge in [-0.3, -0.25) is 4.99 Å². The number of hydrogen-bond acceptors (Lipinski definition) is 5. The van der Waals surface area contributed by atoms with E-state index in [-0.39, 0.29) is 5.75 Å². The van der Waals surface area contributed by atoms with E-state index in [0.29, 0.717) is 5.75 Å². The quantitative estimate of drug-likeness (QED) is 0.912. The van der Waals surface area contributed by atoms with Crippen molar-refractivity contribution in [1.82, 2.24) is 5.06 Å². The minimum absolute atomic E-state index is 0.0604. The van der Waals surface area contributed by atoms with Crippen LogP contribution in [0.3, 0.4) is 0 Å². The number of methoxy groups -OCH3 is 1. The summed E-state index contributed by atoms with van der Waals surface area (Å²) in [6.07, 6.45) is -0.547. The summed E-state index contributed by atoms with van der Waals surface area (Å²) < 4.78 is 5.15. The second kappa shape index (κ2) is 5.68. The summed E-state index contributed by atoms with van der Waals surface area (Å²) in [5, 5.41) is 21.6. The Morgan fingerprint density at radius 2 is 1.83 bits per heavy atom. The molecule has 0 radical (unpaired) electrons. The third-order valence-corrected chi connectivity index (χ3v) is 4.18. The van der Waals surface area contributed by atoms with E-state index in [1.807, 2.05) is 44.2 Å². The van der Waals surface area contributed by atoms with Crippen LogP contribution in [0.5, 0.6) is 11.5 Å². The summed E-state index contributed by atoms with van der Waals surface area (Å²) in [6, 6.07) is 14.8. The van der Waals surface area contributed by atoms with Crippen molar-refractivity contribution in [2.24, 2.45) is 4.99 Å². The van der Waals surface area contributed by atoms with Crippen molar-refractivity contribution in [3.8, 4) is 11.5 Å². The maximum atomic E-state index is 10.7. The van der Waals surface area contributed by atoms with Crippen LogP contribution >= 0.6 is 0 Å². The van der Waals surface area contributed by atoms with Crippen LogP contribution in [-0.4, -0.2) is 33.7 Å². The molecule has 1 aliphatic heterocycles. The molecule has 1 heterocycles. The van der Waals surface area contributed by atoms with Crippen LogP contribution in [0.25, 0.3) is 0 Å².